The van der Waals surface area contributed by atoms with Crippen LogP contribution in [0.25, 0.3) is 0 Å². The summed E-state index contributed by atoms with van der Waals surface area (Å²) in [4.78, 5) is 28.6. The third-order valence-corrected chi connectivity index (χ3v) is 2.73. The van der Waals surface area contributed by atoms with Gasteiger partial charge in [-0.15, -0.1) is 0 Å². The third kappa shape index (κ3) is 3.00. The van der Waals surface area contributed by atoms with Gasteiger partial charge in [-0.3, -0.25) is 9.89 Å². The predicted octanol–water partition coefficient (Wildman–Crippen LogP) is 1.08. The van der Waals surface area contributed by atoms with E-state index in [1.165, 1.54) is 17.0 Å². The number of rotatable bonds is 4. The highest BCUT2D eigenvalue weighted by molar-refractivity contribution is 5.97. The zero-order valence-corrected chi connectivity index (χ0v) is 11.1. The minimum absolute atomic E-state index is 0.0815. The molecule has 0 aliphatic carbocycles. The van der Waals surface area contributed by atoms with E-state index in [9.17, 15) is 9.59 Å². The molecule has 2 N–H and O–H groups in total. The molecule has 0 spiro atoms. The fourth-order valence-electron chi connectivity index (χ4n) is 1.75. The second-order valence-corrected chi connectivity index (χ2v) is 4.38. The Hall–Kier alpha value is -2.70. The standard InChI is InChI=1S/C13H14N4O3/c1-8-14-11(16-15-8)7-17(2)12(18)9-4-3-5-10(6-9)13(19)20/h3-6H,7H2,1-2H3,(H,19,20)(H,14,15,16). The molecule has 2 rings (SSSR count). The number of benzene rings is 1. The summed E-state index contributed by atoms with van der Waals surface area (Å²) in [6.07, 6.45) is 0. The maximum Gasteiger partial charge on any atom is 0.335 e. The molecule has 0 radical (unpaired) electrons. The van der Waals surface area contributed by atoms with Gasteiger partial charge < -0.3 is 10.0 Å². The van der Waals surface area contributed by atoms with Crippen LogP contribution in [0.1, 0.15) is 32.4 Å². The number of carbonyl (C=O) groups excluding carboxylic acids is 1. The molecule has 0 aliphatic heterocycles. The van der Waals surface area contributed by atoms with E-state index in [-0.39, 0.29) is 18.0 Å². The zero-order chi connectivity index (χ0) is 14.7. The van der Waals surface area contributed by atoms with E-state index in [4.69, 9.17) is 5.11 Å². The van der Waals surface area contributed by atoms with E-state index in [2.05, 4.69) is 15.2 Å². The first-order valence-corrected chi connectivity index (χ1v) is 5.94. The van der Waals surface area contributed by atoms with Gasteiger partial charge in [0, 0.05) is 12.6 Å². The average molecular weight is 274 g/mol. The molecule has 7 heteroatoms. The van der Waals surface area contributed by atoms with Crippen LogP contribution in [0.5, 0.6) is 0 Å². The van der Waals surface area contributed by atoms with E-state index in [0.29, 0.717) is 17.2 Å². The highest BCUT2D eigenvalue weighted by atomic mass is 16.4. The minimum atomic E-state index is -1.06. The fraction of sp³-hybridized carbons (Fsp3) is 0.231. The first-order chi connectivity index (χ1) is 9.47. The molecule has 7 nitrogen and oxygen atoms in total. The number of aromatic carboxylic acids is 1. The molecular formula is C13H14N4O3. The van der Waals surface area contributed by atoms with Crippen molar-refractivity contribution in [3.05, 3.63) is 47.0 Å². The number of nitrogens with zero attached hydrogens (tertiary/aromatic N) is 3. The van der Waals surface area contributed by atoms with Crippen molar-refractivity contribution in [3.63, 3.8) is 0 Å². The van der Waals surface area contributed by atoms with Crippen molar-refractivity contribution in [2.45, 2.75) is 13.5 Å². The van der Waals surface area contributed by atoms with Crippen LogP contribution >= 0.6 is 0 Å². The number of amides is 1. The number of carbonyl (C=O) groups is 2. The van der Waals surface area contributed by atoms with Gasteiger partial charge in [0.15, 0.2) is 5.82 Å². The van der Waals surface area contributed by atoms with E-state index in [1.807, 2.05) is 0 Å². The van der Waals surface area contributed by atoms with Crippen LogP contribution in [-0.4, -0.2) is 44.1 Å². The summed E-state index contributed by atoms with van der Waals surface area (Å²) in [5.41, 5.74) is 0.401. The molecule has 0 aliphatic rings. The smallest absolute Gasteiger partial charge is 0.335 e. The van der Waals surface area contributed by atoms with Crippen molar-refractivity contribution >= 4 is 11.9 Å². The second-order valence-electron chi connectivity index (χ2n) is 4.38. The van der Waals surface area contributed by atoms with Crippen molar-refractivity contribution in [1.29, 1.82) is 0 Å². The number of hydrogen-bond acceptors (Lipinski definition) is 4. The quantitative estimate of drug-likeness (QED) is 0.869. The van der Waals surface area contributed by atoms with Crippen LogP contribution in [0.4, 0.5) is 0 Å². The van der Waals surface area contributed by atoms with Gasteiger partial charge in [0.05, 0.1) is 12.1 Å². The highest BCUT2D eigenvalue weighted by Crippen LogP contribution is 2.09. The van der Waals surface area contributed by atoms with Crippen LogP contribution in [0, 0.1) is 6.92 Å². The van der Waals surface area contributed by atoms with Gasteiger partial charge in [-0.05, 0) is 25.1 Å². The van der Waals surface area contributed by atoms with E-state index in [0.717, 1.165) is 0 Å². The van der Waals surface area contributed by atoms with Gasteiger partial charge >= 0.3 is 5.97 Å². The summed E-state index contributed by atoms with van der Waals surface area (Å²) in [7, 11) is 1.61. The van der Waals surface area contributed by atoms with Gasteiger partial charge in [0.1, 0.15) is 5.82 Å². The molecule has 1 amide bonds. The Morgan fingerprint density at radius 1 is 1.35 bits per heavy atom. The molecule has 0 atom stereocenters. The molecule has 0 bridgehead atoms. The first-order valence-electron chi connectivity index (χ1n) is 5.94. The number of nitrogens with one attached hydrogen (secondary N) is 1. The SMILES string of the molecule is Cc1nc(CN(C)C(=O)c2cccc(C(=O)O)c2)n[nH]1. The summed E-state index contributed by atoms with van der Waals surface area (Å²) >= 11 is 0. The van der Waals surface area contributed by atoms with Crippen LogP contribution in [-0.2, 0) is 6.54 Å². The molecule has 0 saturated carbocycles. The maximum atomic E-state index is 12.2. The van der Waals surface area contributed by atoms with Gasteiger partial charge in [-0.1, -0.05) is 6.07 Å². The molecule has 2 aromatic rings. The van der Waals surface area contributed by atoms with E-state index in [1.54, 1.807) is 26.1 Å². The number of hydrogen-bond donors (Lipinski definition) is 2. The largest absolute Gasteiger partial charge is 0.478 e. The first kappa shape index (κ1) is 13.7. The lowest BCUT2D eigenvalue weighted by atomic mass is 10.1. The van der Waals surface area contributed by atoms with Gasteiger partial charge in [-0.2, -0.15) is 5.10 Å². The summed E-state index contributed by atoms with van der Waals surface area (Å²) in [6.45, 7) is 2.02. The molecule has 1 aromatic carbocycles. The molecule has 0 fully saturated rings. The van der Waals surface area contributed by atoms with E-state index >= 15 is 0 Å². The topological polar surface area (TPSA) is 99.2 Å². The van der Waals surface area contributed by atoms with E-state index < -0.39 is 5.97 Å². The molecule has 104 valence electrons. The van der Waals surface area contributed by atoms with Gasteiger partial charge in [0.25, 0.3) is 5.91 Å². The summed E-state index contributed by atoms with van der Waals surface area (Å²) < 4.78 is 0. The molecular weight excluding hydrogens is 260 g/mol. The van der Waals surface area contributed by atoms with Crippen LogP contribution < -0.4 is 0 Å². The number of aromatic amines is 1. The van der Waals surface area contributed by atoms with Crippen molar-refractivity contribution in [2.24, 2.45) is 0 Å². The zero-order valence-electron chi connectivity index (χ0n) is 11.1. The van der Waals surface area contributed by atoms with Crippen molar-refractivity contribution in [2.75, 3.05) is 7.05 Å². The third-order valence-electron chi connectivity index (χ3n) is 2.73. The predicted molar refractivity (Wildman–Crippen MR) is 70.3 cm³/mol. The van der Waals surface area contributed by atoms with Gasteiger partial charge in [0.2, 0.25) is 0 Å². The molecule has 0 unspecified atom stereocenters. The maximum absolute atomic E-state index is 12.2. The van der Waals surface area contributed by atoms with Crippen LogP contribution in [0.15, 0.2) is 24.3 Å². The molecule has 1 heterocycles. The van der Waals surface area contributed by atoms with Crippen LogP contribution in [0.3, 0.4) is 0 Å². The Balaban J connectivity index is 2.14. The molecule has 20 heavy (non-hydrogen) atoms. The van der Waals surface area contributed by atoms with Gasteiger partial charge in [-0.25, -0.2) is 9.78 Å². The summed E-state index contributed by atoms with van der Waals surface area (Å²) in [5.74, 6) is -0.163. The normalized spacial score (nSPS) is 10.3. The number of aryl methyl sites for hydroxylation is 1. The number of carboxylic acids is 1. The fourth-order valence-corrected chi connectivity index (χ4v) is 1.75. The lowest BCUT2D eigenvalue weighted by molar-refractivity contribution is 0.0697. The minimum Gasteiger partial charge on any atom is -0.478 e. The number of aromatic nitrogens is 3. The lowest BCUT2D eigenvalue weighted by Gasteiger charge is -2.15. The van der Waals surface area contributed by atoms with Crippen molar-refractivity contribution in [3.8, 4) is 0 Å². The average Bonchev–Trinajstić information content (AvgIpc) is 2.83. The highest BCUT2D eigenvalue weighted by Gasteiger charge is 2.15. The number of carboxylic acid groups (broad SMARTS) is 1. The molecule has 1 aromatic heterocycles. The Labute approximate surface area is 115 Å². The molecule has 0 saturated heterocycles. The number of H-pyrrole nitrogens is 1. The summed E-state index contributed by atoms with van der Waals surface area (Å²) in [6, 6.07) is 5.91. The Morgan fingerprint density at radius 2 is 2.05 bits per heavy atom. The monoisotopic (exact) mass is 274 g/mol. The van der Waals surface area contributed by atoms with Crippen molar-refractivity contribution < 1.29 is 14.7 Å². The Bertz CT molecular complexity index is 651. The Morgan fingerprint density at radius 3 is 2.65 bits per heavy atom. The second kappa shape index (κ2) is 5.52. The van der Waals surface area contributed by atoms with Crippen LogP contribution in [0.2, 0.25) is 0 Å². The summed E-state index contributed by atoms with van der Waals surface area (Å²) in [5, 5.41) is 15.6. The Kier molecular flexibility index (Phi) is 3.79. The van der Waals surface area contributed by atoms with Crippen molar-refractivity contribution in [1.82, 2.24) is 20.1 Å². The lowest BCUT2D eigenvalue weighted by Crippen LogP contribution is -2.27.